The second-order valence-electron chi connectivity index (χ2n) is 5.81. The van der Waals surface area contributed by atoms with Crippen LogP contribution in [0.15, 0.2) is 0 Å². The van der Waals surface area contributed by atoms with Crippen LogP contribution in [0.1, 0.15) is 45.4 Å². The summed E-state index contributed by atoms with van der Waals surface area (Å²) in [5, 5.41) is 12.8. The van der Waals surface area contributed by atoms with Gasteiger partial charge in [0.15, 0.2) is 0 Å². The average Bonchev–Trinajstić information content (AvgIpc) is 3.02. The van der Waals surface area contributed by atoms with E-state index in [4.69, 9.17) is 0 Å². The van der Waals surface area contributed by atoms with Crippen LogP contribution in [0.25, 0.3) is 0 Å². The first kappa shape index (κ1) is 11.4. The minimum absolute atomic E-state index is 0.276. The fraction of sp³-hybridized carbons (Fsp3) is 1.00. The largest absolute Gasteiger partial charge is 0.396 e. The summed E-state index contributed by atoms with van der Waals surface area (Å²) in [7, 11) is 0. The van der Waals surface area contributed by atoms with E-state index >= 15 is 0 Å². The Kier molecular flexibility index (Phi) is 3.68. The minimum Gasteiger partial charge on any atom is -0.396 e. The fourth-order valence-electron chi connectivity index (χ4n) is 2.79. The molecule has 2 nitrogen and oxygen atoms in total. The standard InChI is InChI=1S/C13H25NO/c1-11-4-2-3-5-12(11)8-14-9-13(10-15)6-7-13/h11-12,14-15H,2-10H2,1H3. The summed E-state index contributed by atoms with van der Waals surface area (Å²) in [6.07, 6.45) is 8.10. The molecule has 0 amide bonds. The summed E-state index contributed by atoms with van der Waals surface area (Å²) >= 11 is 0. The number of rotatable bonds is 5. The van der Waals surface area contributed by atoms with Crippen molar-refractivity contribution in [2.24, 2.45) is 17.3 Å². The van der Waals surface area contributed by atoms with Crippen molar-refractivity contribution < 1.29 is 5.11 Å². The molecule has 2 atom stereocenters. The summed E-state index contributed by atoms with van der Waals surface area (Å²) in [5.41, 5.74) is 0.276. The molecule has 0 aliphatic heterocycles. The molecule has 2 heteroatoms. The van der Waals surface area contributed by atoms with Crippen molar-refractivity contribution >= 4 is 0 Å². The van der Waals surface area contributed by atoms with Crippen LogP contribution in [-0.4, -0.2) is 24.8 Å². The van der Waals surface area contributed by atoms with Crippen LogP contribution in [0, 0.1) is 17.3 Å². The normalized spacial score (nSPS) is 34.0. The Labute approximate surface area is 93.5 Å². The van der Waals surface area contributed by atoms with Gasteiger partial charge < -0.3 is 10.4 Å². The number of aliphatic hydroxyl groups excluding tert-OH is 1. The highest BCUT2D eigenvalue weighted by atomic mass is 16.3. The molecule has 2 aliphatic carbocycles. The molecule has 2 rings (SSSR count). The van der Waals surface area contributed by atoms with Crippen molar-refractivity contribution in [3.63, 3.8) is 0 Å². The molecule has 0 spiro atoms. The van der Waals surface area contributed by atoms with Gasteiger partial charge in [0, 0.05) is 18.6 Å². The lowest BCUT2D eigenvalue weighted by atomic mass is 9.80. The van der Waals surface area contributed by atoms with Gasteiger partial charge in [-0.1, -0.05) is 26.2 Å². The lowest BCUT2D eigenvalue weighted by Crippen LogP contribution is -2.34. The zero-order valence-electron chi connectivity index (χ0n) is 9.97. The lowest BCUT2D eigenvalue weighted by Gasteiger charge is -2.29. The van der Waals surface area contributed by atoms with Gasteiger partial charge >= 0.3 is 0 Å². The first-order chi connectivity index (χ1) is 7.26. The third-order valence-electron chi connectivity index (χ3n) is 4.49. The SMILES string of the molecule is CC1CCCCC1CNCC1(CO)CC1. The van der Waals surface area contributed by atoms with Gasteiger partial charge in [0.25, 0.3) is 0 Å². The van der Waals surface area contributed by atoms with Gasteiger partial charge in [0.05, 0.1) is 0 Å². The van der Waals surface area contributed by atoms with Gasteiger partial charge in [-0.3, -0.25) is 0 Å². The lowest BCUT2D eigenvalue weighted by molar-refractivity contribution is 0.196. The predicted octanol–water partition coefficient (Wildman–Crippen LogP) is 2.17. The molecule has 2 aliphatic rings. The fourth-order valence-corrected chi connectivity index (χ4v) is 2.79. The molecule has 2 unspecified atom stereocenters. The van der Waals surface area contributed by atoms with E-state index < -0.39 is 0 Å². The van der Waals surface area contributed by atoms with Gasteiger partial charge in [-0.25, -0.2) is 0 Å². The van der Waals surface area contributed by atoms with Crippen molar-refractivity contribution in [1.29, 1.82) is 0 Å². The van der Waals surface area contributed by atoms with Gasteiger partial charge in [-0.2, -0.15) is 0 Å². The summed E-state index contributed by atoms with van der Waals surface area (Å²) in [6.45, 7) is 4.97. The van der Waals surface area contributed by atoms with Gasteiger partial charge in [-0.05, 0) is 37.6 Å². The van der Waals surface area contributed by atoms with Crippen LogP contribution >= 0.6 is 0 Å². The van der Waals surface area contributed by atoms with Crippen molar-refractivity contribution in [1.82, 2.24) is 5.32 Å². The highest BCUT2D eigenvalue weighted by molar-refractivity contribution is 4.94. The average molecular weight is 211 g/mol. The second-order valence-corrected chi connectivity index (χ2v) is 5.81. The van der Waals surface area contributed by atoms with E-state index in [-0.39, 0.29) is 5.41 Å². The zero-order chi connectivity index (χ0) is 10.7. The van der Waals surface area contributed by atoms with Crippen LogP contribution < -0.4 is 5.32 Å². The van der Waals surface area contributed by atoms with Crippen molar-refractivity contribution in [3.05, 3.63) is 0 Å². The summed E-state index contributed by atoms with van der Waals surface area (Å²) in [4.78, 5) is 0. The van der Waals surface area contributed by atoms with Gasteiger partial charge in [-0.15, -0.1) is 0 Å². The van der Waals surface area contributed by atoms with E-state index in [2.05, 4.69) is 12.2 Å². The van der Waals surface area contributed by atoms with Crippen molar-refractivity contribution in [2.45, 2.75) is 45.4 Å². The second kappa shape index (κ2) is 4.84. The maximum Gasteiger partial charge on any atom is 0.0499 e. The van der Waals surface area contributed by atoms with E-state index in [0.29, 0.717) is 6.61 Å². The summed E-state index contributed by atoms with van der Waals surface area (Å²) < 4.78 is 0. The van der Waals surface area contributed by atoms with Gasteiger partial charge in [0.1, 0.15) is 0 Å². The number of aliphatic hydroxyl groups is 1. The molecule has 0 radical (unpaired) electrons. The van der Waals surface area contributed by atoms with E-state index in [9.17, 15) is 5.11 Å². The first-order valence-electron chi connectivity index (χ1n) is 6.57. The van der Waals surface area contributed by atoms with E-state index in [1.165, 1.54) is 45.1 Å². The highest BCUT2D eigenvalue weighted by Crippen LogP contribution is 2.44. The molecule has 2 N–H and O–H groups in total. The Hall–Kier alpha value is -0.0800. The highest BCUT2D eigenvalue weighted by Gasteiger charge is 2.41. The maximum atomic E-state index is 9.21. The van der Waals surface area contributed by atoms with Crippen LogP contribution in [0.5, 0.6) is 0 Å². The number of hydrogen-bond donors (Lipinski definition) is 2. The Morgan fingerprint density at radius 1 is 1.27 bits per heavy atom. The van der Waals surface area contributed by atoms with Crippen LogP contribution in [-0.2, 0) is 0 Å². The first-order valence-corrected chi connectivity index (χ1v) is 6.57. The minimum atomic E-state index is 0.276. The molecule has 2 saturated carbocycles. The molecule has 0 heterocycles. The van der Waals surface area contributed by atoms with E-state index in [0.717, 1.165) is 18.4 Å². The Morgan fingerprint density at radius 3 is 2.60 bits per heavy atom. The molecule has 0 saturated heterocycles. The third-order valence-corrected chi connectivity index (χ3v) is 4.49. The van der Waals surface area contributed by atoms with Crippen molar-refractivity contribution in [2.75, 3.05) is 19.7 Å². The maximum absolute atomic E-state index is 9.21. The van der Waals surface area contributed by atoms with Gasteiger partial charge in [0.2, 0.25) is 0 Å². The van der Waals surface area contributed by atoms with Crippen LogP contribution in [0.3, 0.4) is 0 Å². The molecular weight excluding hydrogens is 186 g/mol. The molecule has 0 aromatic heterocycles. The Morgan fingerprint density at radius 2 is 2.00 bits per heavy atom. The predicted molar refractivity (Wildman–Crippen MR) is 62.7 cm³/mol. The third kappa shape index (κ3) is 2.94. The summed E-state index contributed by atoms with van der Waals surface area (Å²) in [6, 6.07) is 0. The monoisotopic (exact) mass is 211 g/mol. The Balaban J connectivity index is 1.64. The number of nitrogens with one attached hydrogen (secondary N) is 1. The molecule has 0 aromatic carbocycles. The molecule has 88 valence electrons. The van der Waals surface area contributed by atoms with Crippen molar-refractivity contribution in [3.8, 4) is 0 Å². The van der Waals surface area contributed by atoms with E-state index in [1.54, 1.807) is 0 Å². The molecule has 2 fully saturated rings. The molecule has 0 bridgehead atoms. The number of hydrogen-bond acceptors (Lipinski definition) is 2. The molecule has 0 aromatic rings. The zero-order valence-corrected chi connectivity index (χ0v) is 9.97. The molecular formula is C13H25NO. The van der Waals surface area contributed by atoms with Crippen LogP contribution in [0.4, 0.5) is 0 Å². The van der Waals surface area contributed by atoms with Crippen LogP contribution in [0.2, 0.25) is 0 Å². The summed E-state index contributed by atoms with van der Waals surface area (Å²) in [5.74, 6) is 1.78. The van der Waals surface area contributed by atoms with E-state index in [1.807, 2.05) is 0 Å². The Bertz CT molecular complexity index is 201. The topological polar surface area (TPSA) is 32.3 Å². The quantitative estimate of drug-likeness (QED) is 0.730. The molecule has 15 heavy (non-hydrogen) atoms. The smallest absolute Gasteiger partial charge is 0.0499 e.